The molecule has 27 heavy (non-hydrogen) atoms. The summed E-state index contributed by atoms with van der Waals surface area (Å²) in [5.74, 6) is -0.256. The summed E-state index contributed by atoms with van der Waals surface area (Å²) in [6.45, 7) is 2.97. The quantitative estimate of drug-likeness (QED) is 0.803. The number of benzene rings is 2. The molecule has 0 radical (unpaired) electrons. The molecule has 0 unspecified atom stereocenters. The second-order valence-electron chi connectivity index (χ2n) is 7.52. The zero-order valence-electron chi connectivity index (χ0n) is 15.5. The second-order valence-corrected chi connectivity index (χ2v) is 7.52. The lowest BCUT2D eigenvalue weighted by atomic mass is 10.2. The third kappa shape index (κ3) is 4.66. The minimum absolute atomic E-state index is 0.0489. The van der Waals surface area contributed by atoms with Crippen molar-refractivity contribution in [2.75, 3.05) is 29.9 Å². The predicted octanol–water partition coefficient (Wildman–Crippen LogP) is 4.03. The van der Waals surface area contributed by atoms with Gasteiger partial charge in [0.25, 0.3) is 0 Å². The van der Waals surface area contributed by atoms with Gasteiger partial charge < -0.3 is 10.2 Å². The van der Waals surface area contributed by atoms with Crippen LogP contribution in [0.15, 0.2) is 48.5 Å². The van der Waals surface area contributed by atoms with Crippen molar-refractivity contribution in [3.63, 3.8) is 0 Å². The molecule has 0 aromatic heterocycles. The minimum atomic E-state index is -0.207. The van der Waals surface area contributed by atoms with E-state index in [0.717, 1.165) is 31.6 Å². The van der Waals surface area contributed by atoms with Gasteiger partial charge in [-0.05, 0) is 56.0 Å². The summed E-state index contributed by atoms with van der Waals surface area (Å²) in [6.07, 6.45) is 4.65. The van der Waals surface area contributed by atoms with Crippen LogP contribution >= 0.6 is 0 Å². The van der Waals surface area contributed by atoms with Crippen molar-refractivity contribution in [2.45, 2.75) is 38.3 Å². The number of nitrogens with zero attached hydrogens (tertiary/aromatic N) is 2. The molecule has 4 rings (SSSR count). The van der Waals surface area contributed by atoms with Gasteiger partial charge in [0.1, 0.15) is 5.82 Å². The molecule has 2 fully saturated rings. The lowest BCUT2D eigenvalue weighted by Crippen LogP contribution is -2.34. The Morgan fingerprint density at radius 3 is 2.44 bits per heavy atom. The van der Waals surface area contributed by atoms with Gasteiger partial charge in [-0.1, -0.05) is 18.2 Å². The number of rotatable bonds is 7. The van der Waals surface area contributed by atoms with Crippen LogP contribution in [0.4, 0.5) is 15.8 Å². The van der Waals surface area contributed by atoms with E-state index in [-0.39, 0.29) is 18.3 Å². The van der Waals surface area contributed by atoms with Gasteiger partial charge in [0, 0.05) is 42.6 Å². The van der Waals surface area contributed by atoms with E-state index in [2.05, 4.69) is 27.2 Å². The van der Waals surface area contributed by atoms with E-state index in [0.29, 0.717) is 18.2 Å². The number of nitrogens with one attached hydrogen (secondary N) is 1. The van der Waals surface area contributed by atoms with Gasteiger partial charge in [-0.3, -0.25) is 9.69 Å². The average Bonchev–Trinajstić information content (AvgIpc) is 3.38. The maximum absolute atomic E-state index is 14.0. The molecule has 142 valence electrons. The van der Waals surface area contributed by atoms with E-state index in [1.165, 1.54) is 24.6 Å². The Morgan fingerprint density at radius 2 is 1.78 bits per heavy atom. The van der Waals surface area contributed by atoms with Gasteiger partial charge in [0.05, 0.1) is 6.54 Å². The first-order valence-corrected chi connectivity index (χ1v) is 9.81. The number of halogens is 1. The van der Waals surface area contributed by atoms with Crippen molar-refractivity contribution in [1.29, 1.82) is 0 Å². The van der Waals surface area contributed by atoms with Crippen molar-refractivity contribution in [1.82, 2.24) is 4.90 Å². The molecule has 1 saturated heterocycles. The zero-order chi connectivity index (χ0) is 18.6. The van der Waals surface area contributed by atoms with E-state index in [4.69, 9.17) is 0 Å². The number of carbonyl (C=O) groups is 1. The lowest BCUT2D eigenvalue weighted by Gasteiger charge is -2.22. The first-order valence-electron chi connectivity index (χ1n) is 9.81. The van der Waals surface area contributed by atoms with Crippen LogP contribution in [0.1, 0.15) is 31.2 Å². The summed E-state index contributed by atoms with van der Waals surface area (Å²) >= 11 is 0. The van der Waals surface area contributed by atoms with Crippen molar-refractivity contribution >= 4 is 17.3 Å². The average molecular weight is 367 g/mol. The summed E-state index contributed by atoms with van der Waals surface area (Å²) in [5, 5.41) is 2.98. The second kappa shape index (κ2) is 8.09. The number of anilines is 2. The van der Waals surface area contributed by atoms with Crippen molar-refractivity contribution < 1.29 is 9.18 Å². The fourth-order valence-electron chi connectivity index (χ4n) is 3.72. The topological polar surface area (TPSA) is 35.6 Å². The summed E-state index contributed by atoms with van der Waals surface area (Å²) in [6, 6.07) is 15.2. The van der Waals surface area contributed by atoms with E-state index < -0.39 is 0 Å². The van der Waals surface area contributed by atoms with E-state index in [9.17, 15) is 9.18 Å². The lowest BCUT2D eigenvalue weighted by molar-refractivity contribution is -0.117. The first kappa shape index (κ1) is 18.0. The Labute approximate surface area is 160 Å². The summed E-state index contributed by atoms with van der Waals surface area (Å²) in [5.41, 5.74) is 2.67. The monoisotopic (exact) mass is 367 g/mol. The van der Waals surface area contributed by atoms with Crippen LogP contribution in [0, 0.1) is 5.82 Å². The van der Waals surface area contributed by atoms with Crippen molar-refractivity contribution in [3.05, 3.63) is 59.9 Å². The highest BCUT2D eigenvalue weighted by molar-refractivity contribution is 5.92. The predicted molar refractivity (Wildman–Crippen MR) is 106 cm³/mol. The molecular weight excluding hydrogens is 341 g/mol. The van der Waals surface area contributed by atoms with Gasteiger partial charge >= 0.3 is 0 Å². The van der Waals surface area contributed by atoms with Gasteiger partial charge in [0.15, 0.2) is 0 Å². The number of hydrogen-bond acceptors (Lipinski definition) is 3. The van der Waals surface area contributed by atoms with Gasteiger partial charge in [0.2, 0.25) is 5.91 Å². The normalized spacial score (nSPS) is 16.7. The molecule has 5 heteroatoms. The number of amides is 1. The van der Waals surface area contributed by atoms with Crippen LogP contribution in [0.2, 0.25) is 0 Å². The molecule has 2 aliphatic rings. The molecule has 1 aliphatic carbocycles. The fraction of sp³-hybridized carbons (Fsp3) is 0.409. The third-order valence-electron chi connectivity index (χ3n) is 5.36. The molecule has 1 N–H and O–H groups in total. The fourth-order valence-corrected chi connectivity index (χ4v) is 3.72. The molecular formula is C22H26FN3O. The molecule has 0 atom stereocenters. The van der Waals surface area contributed by atoms with Crippen molar-refractivity contribution in [3.8, 4) is 0 Å². The zero-order valence-corrected chi connectivity index (χ0v) is 15.5. The molecule has 4 nitrogen and oxygen atoms in total. The molecule has 0 spiro atoms. The molecule has 1 saturated carbocycles. The molecule has 2 aromatic carbocycles. The minimum Gasteiger partial charge on any atom is -0.372 e. The standard InChI is InChI=1S/C22H26FN3O/c23-21-6-2-1-5-17(21)15-26(20-11-12-20)16-22(27)24-18-7-9-19(10-8-18)25-13-3-4-14-25/h1-2,5-10,20H,3-4,11-16H2,(H,24,27). The van der Waals surface area contributed by atoms with Crippen LogP contribution < -0.4 is 10.2 Å². The van der Waals surface area contributed by atoms with Crippen LogP contribution in [0.25, 0.3) is 0 Å². The highest BCUT2D eigenvalue weighted by Crippen LogP contribution is 2.29. The Balaban J connectivity index is 1.35. The first-order chi connectivity index (χ1) is 13.2. The molecule has 1 aliphatic heterocycles. The van der Waals surface area contributed by atoms with E-state index in [1.807, 2.05) is 18.2 Å². The molecule has 1 amide bonds. The molecule has 1 heterocycles. The summed E-state index contributed by atoms with van der Waals surface area (Å²) < 4.78 is 14.0. The molecule has 0 bridgehead atoms. The van der Waals surface area contributed by atoms with Crippen LogP contribution in [-0.4, -0.2) is 36.5 Å². The Hall–Kier alpha value is -2.40. The highest BCUT2D eigenvalue weighted by atomic mass is 19.1. The summed E-state index contributed by atoms with van der Waals surface area (Å²) in [7, 11) is 0. The van der Waals surface area contributed by atoms with Crippen molar-refractivity contribution in [2.24, 2.45) is 0 Å². The Bertz CT molecular complexity index is 782. The highest BCUT2D eigenvalue weighted by Gasteiger charge is 2.30. The van der Waals surface area contributed by atoms with Gasteiger partial charge in [-0.25, -0.2) is 4.39 Å². The number of carbonyl (C=O) groups excluding carboxylic acids is 1. The summed E-state index contributed by atoms with van der Waals surface area (Å²) in [4.78, 5) is 17.0. The van der Waals surface area contributed by atoms with Gasteiger partial charge in [-0.15, -0.1) is 0 Å². The third-order valence-corrected chi connectivity index (χ3v) is 5.36. The van der Waals surface area contributed by atoms with Crippen LogP contribution in [-0.2, 0) is 11.3 Å². The largest absolute Gasteiger partial charge is 0.372 e. The maximum Gasteiger partial charge on any atom is 0.238 e. The SMILES string of the molecule is O=C(CN(Cc1ccccc1F)C1CC1)Nc1ccc(N2CCCC2)cc1. The van der Waals surface area contributed by atoms with E-state index >= 15 is 0 Å². The van der Waals surface area contributed by atoms with E-state index in [1.54, 1.807) is 12.1 Å². The van der Waals surface area contributed by atoms with Crippen LogP contribution in [0.3, 0.4) is 0 Å². The number of hydrogen-bond donors (Lipinski definition) is 1. The maximum atomic E-state index is 14.0. The van der Waals surface area contributed by atoms with Gasteiger partial charge in [-0.2, -0.15) is 0 Å². The smallest absolute Gasteiger partial charge is 0.238 e. The van der Waals surface area contributed by atoms with Crippen LogP contribution in [0.5, 0.6) is 0 Å². The Morgan fingerprint density at radius 1 is 1.07 bits per heavy atom. The Kier molecular flexibility index (Phi) is 5.39. The molecule has 2 aromatic rings.